The molecule has 2 aromatic carbocycles. The largest absolute Gasteiger partial charge is 0.462 e. The third kappa shape index (κ3) is 4.26. The second-order valence-electron chi connectivity index (χ2n) is 5.70. The van der Waals surface area contributed by atoms with E-state index < -0.39 is 36.4 Å². The summed E-state index contributed by atoms with van der Waals surface area (Å²) < 4.78 is 134. The molecule has 0 amide bonds. The standard InChI is InChI=1S/C16H10F10O2/c1-8-2-3-10-7-11(5-4-9(10)6-8)27-13(18,19)12(17)28-16(25,26)14(20,21)15(22,23)24/h2-7,12H,1H3. The SMILES string of the molecule is Cc1ccc2cc(OC(F)(F)C(F)OC(F)(F)C(F)(F)C(F)(F)F)ccc2c1. The molecule has 0 N–H and O–H groups in total. The topological polar surface area (TPSA) is 18.5 Å². The summed E-state index contributed by atoms with van der Waals surface area (Å²) in [6, 6.07) is 7.82. The lowest BCUT2D eigenvalue weighted by atomic mass is 10.1. The first-order valence-corrected chi connectivity index (χ1v) is 7.28. The summed E-state index contributed by atoms with van der Waals surface area (Å²) in [6.45, 7) is 1.74. The van der Waals surface area contributed by atoms with Crippen LogP contribution in [0.4, 0.5) is 43.9 Å². The van der Waals surface area contributed by atoms with Crippen molar-refractivity contribution in [2.45, 2.75) is 37.6 Å². The van der Waals surface area contributed by atoms with Crippen LogP contribution in [0.25, 0.3) is 10.8 Å². The van der Waals surface area contributed by atoms with Gasteiger partial charge in [0, 0.05) is 0 Å². The van der Waals surface area contributed by atoms with Gasteiger partial charge in [0.2, 0.25) is 0 Å². The van der Waals surface area contributed by atoms with Crippen LogP contribution in [-0.4, -0.2) is 30.7 Å². The summed E-state index contributed by atoms with van der Waals surface area (Å²) in [6.07, 6.45) is -23.4. The first-order valence-electron chi connectivity index (χ1n) is 7.28. The average molecular weight is 424 g/mol. The van der Waals surface area contributed by atoms with Crippen LogP contribution in [0.1, 0.15) is 5.56 Å². The molecule has 12 heteroatoms. The normalized spacial score (nSPS) is 15.0. The van der Waals surface area contributed by atoms with Gasteiger partial charge in [-0.2, -0.15) is 39.5 Å². The van der Waals surface area contributed by atoms with Crippen LogP contribution in [0.5, 0.6) is 5.75 Å². The molecule has 0 aliphatic rings. The van der Waals surface area contributed by atoms with E-state index in [2.05, 4.69) is 9.47 Å². The third-order valence-corrected chi connectivity index (χ3v) is 3.46. The smallest absolute Gasteiger partial charge is 0.429 e. The summed E-state index contributed by atoms with van der Waals surface area (Å²) >= 11 is 0. The van der Waals surface area contributed by atoms with E-state index in [9.17, 15) is 43.9 Å². The second-order valence-corrected chi connectivity index (χ2v) is 5.70. The molecule has 0 spiro atoms. The molecule has 2 nitrogen and oxygen atoms in total. The Balaban J connectivity index is 2.20. The van der Waals surface area contributed by atoms with Gasteiger partial charge in [0.25, 0.3) is 0 Å². The van der Waals surface area contributed by atoms with E-state index in [0.29, 0.717) is 10.8 Å². The number of fused-ring (bicyclic) bond motifs is 1. The fourth-order valence-electron chi connectivity index (χ4n) is 2.05. The van der Waals surface area contributed by atoms with Crippen LogP contribution in [0.3, 0.4) is 0 Å². The fraction of sp³-hybridized carbons (Fsp3) is 0.375. The van der Waals surface area contributed by atoms with Crippen molar-refractivity contribution in [1.29, 1.82) is 0 Å². The number of rotatable bonds is 6. The van der Waals surface area contributed by atoms with Crippen LogP contribution < -0.4 is 4.74 Å². The van der Waals surface area contributed by atoms with Crippen LogP contribution in [0.2, 0.25) is 0 Å². The molecule has 0 heterocycles. The Morgan fingerprint density at radius 3 is 1.89 bits per heavy atom. The zero-order valence-electron chi connectivity index (χ0n) is 13.6. The van der Waals surface area contributed by atoms with Crippen LogP contribution in [0.15, 0.2) is 36.4 Å². The van der Waals surface area contributed by atoms with E-state index in [-0.39, 0.29) is 0 Å². The quantitative estimate of drug-likeness (QED) is 0.513. The third-order valence-electron chi connectivity index (χ3n) is 3.46. The van der Waals surface area contributed by atoms with Gasteiger partial charge in [-0.05, 0) is 29.8 Å². The molecule has 0 aliphatic carbocycles. The summed E-state index contributed by atoms with van der Waals surface area (Å²) in [7, 11) is 0. The van der Waals surface area contributed by atoms with Gasteiger partial charge in [0.1, 0.15) is 5.75 Å². The number of hydrogen-bond acceptors (Lipinski definition) is 2. The van der Waals surface area contributed by atoms with Gasteiger partial charge >= 0.3 is 30.7 Å². The minimum absolute atomic E-state index is 0.323. The maximum absolute atomic E-state index is 13.6. The maximum atomic E-state index is 13.6. The Morgan fingerprint density at radius 2 is 1.32 bits per heavy atom. The molecule has 156 valence electrons. The predicted molar refractivity (Wildman–Crippen MR) is 76.2 cm³/mol. The van der Waals surface area contributed by atoms with Crippen molar-refractivity contribution in [3.05, 3.63) is 42.0 Å². The van der Waals surface area contributed by atoms with Crippen molar-refractivity contribution >= 4 is 10.8 Å². The number of aryl methyl sites for hydroxylation is 1. The molecule has 0 aliphatic heterocycles. The van der Waals surface area contributed by atoms with Crippen molar-refractivity contribution in [2.75, 3.05) is 0 Å². The Labute approximate surface area is 150 Å². The number of ether oxygens (including phenoxy) is 2. The highest BCUT2D eigenvalue weighted by Crippen LogP contribution is 2.48. The molecule has 0 saturated carbocycles. The number of alkyl halides is 10. The van der Waals surface area contributed by atoms with E-state index in [1.165, 1.54) is 12.1 Å². The Hall–Kier alpha value is -2.24. The highest BCUT2D eigenvalue weighted by Gasteiger charge is 2.76. The van der Waals surface area contributed by atoms with Gasteiger partial charge in [-0.3, -0.25) is 4.74 Å². The summed E-state index contributed by atoms with van der Waals surface area (Å²) in [5, 5.41) is 0.879. The molecule has 2 rings (SSSR count). The van der Waals surface area contributed by atoms with E-state index in [0.717, 1.165) is 17.7 Å². The van der Waals surface area contributed by atoms with Crippen LogP contribution >= 0.6 is 0 Å². The van der Waals surface area contributed by atoms with Gasteiger partial charge in [-0.25, -0.2) is 4.39 Å². The van der Waals surface area contributed by atoms with Gasteiger partial charge in [0.15, 0.2) is 0 Å². The van der Waals surface area contributed by atoms with Crippen molar-refractivity contribution < 1.29 is 53.4 Å². The van der Waals surface area contributed by atoms with E-state index in [1.54, 1.807) is 19.1 Å². The number of halogens is 10. The molecule has 1 unspecified atom stereocenters. The molecular formula is C16H10F10O2. The minimum Gasteiger partial charge on any atom is -0.429 e. The van der Waals surface area contributed by atoms with Crippen LogP contribution in [-0.2, 0) is 4.74 Å². The Morgan fingerprint density at radius 1 is 0.786 bits per heavy atom. The Kier molecular flexibility index (Phi) is 5.50. The molecule has 0 bridgehead atoms. The van der Waals surface area contributed by atoms with E-state index >= 15 is 0 Å². The molecule has 0 saturated heterocycles. The monoisotopic (exact) mass is 424 g/mol. The molecule has 28 heavy (non-hydrogen) atoms. The van der Waals surface area contributed by atoms with E-state index in [1.807, 2.05) is 0 Å². The van der Waals surface area contributed by atoms with Gasteiger partial charge in [-0.1, -0.05) is 29.8 Å². The zero-order valence-corrected chi connectivity index (χ0v) is 13.6. The summed E-state index contributed by atoms with van der Waals surface area (Å²) in [5.74, 6) is -7.68. The summed E-state index contributed by atoms with van der Waals surface area (Å²) in [5.41, 5.74) is 0.816. The molecule has 1 atom stereocenters. The van der Waals surface area contributed by atoms with Crippen molar-refractivity contribution in [1.82, 2.24) is 0 Å². The second kappa shape index (κ2) is 6.98. The lowest BCUT2D eigenvalue weighted by molar-refractivity contribution is -0.460. The average Bonchev–Trinajstić information content (AvgIpc) is 2.53. The summed E-state index contributed by atoms with van der Waals surface area (Å²) in [4.78, 5) is 0. The molecule has 0 fully saturated rings. The molecule has 0 radical (unpaired) electrons. The van der Waals surface area contributed by atoms with Gasteiger partial charge < -0.3 is 4.74 Å². The zero-order chi connectivity index (χ0) is 21.5. The molecule has 2 aromatic rings. The first kappa shape index (κ1) is 22.1. The highest BCUT2D eigenvalue weighted by atomic mass is 19.4. The van der Waals surface area contributed by atoms with E-state index in [4.69, 9.17) is 0 Å². The highest BCUT2D eigenvalue weighted by molar-refractivity contribution is 5.84. The number of benzene rings is 2. The number of hydrogen-bond donors (Lipinski definition) is 0. The predicted octanol–water partition coefficient (Wildman–Crippen LogP) is 6.22. The van der Waals surface area contributed by atoms with Crippen LogP contribution in [0, 0.1) is 6.92 Å². The lowest BCUT2D eigenvalue weighted by Gasteiger charge is -2.30. The lowest BCUT2D eigenvalue weighted by Crippen LogP contribution is -2.56. The first-order chi connectivity index (χ1) is 12.6. The Bertz CT molecular complexity index is 847. The minimum atomic E-state index is -6.92. The fourth-order valence-corrected chi connectivity index (χ4v) is 2.05. The van der Waals surface area contributed by atoms with Crippen molar-refractivity contribution in [3.63, 3.8) is 0 Å². The molecular weight excluding hydrogens is 414 g/mol. The van der Waals surface area contributed by atoms with Crippen molar-refractivity contribution in [3.8, 4) is 5.75 Å². The maximum Gasteiger partial charge on any atom is 0.462 e. The van der Waals surface area contributed by atoms with Gasteiger partial charge in [0.05, 0.1) is 0 Å². The molecule has 0 aromatic heterocycles. The van der Waals surface area contributed by atoms with Crippen molar-refractivity contribution in [2.24, 2.45) is 0 Å². The van der Waals surface area contributed by atoms with Gasteiger partial charge in [-0.15, -0.1) is 0 Å².